The first-order valence-corrected chi connectivity index (χ1v) is 10.7. The van der Waals surface area contributed by atoms with Gasteiger partial charge in [-0.2, -0.15) is 0 Å². The molecule has 6 nitrogen and oxygen atoms in total. The number of nitrogens with one attached hydrogen (secondary N) is 2. The van der Waals surface area contributed by atoms with Crippen LogP contribution in [0.3, 0.4) is 0 Å². The Bertz CT molecular complexity index is 859. The molecule has 0 unspecified atom stereocenters. The minimum atomic E-state index is -3.34. The minimum Gasteiger partial charge on any atom is -0.335 e. The van der Waals surface area contributed by atoms with Gasteiger partial charge < -0.3 is 10.6 Å². The monoisotopic (exact) mass is 387 g/mol. The van der Waals surface area contributed by atoms with E-state index in [0.717, 1.165) is 16.8 Å². The molecule has 2 N–H and O–H groups in total. The van der Waals surface area contributed by atoms with Crippen molar-refractivity contribution in [3.05, 3.63) is 65.7 Å². The van der Waals surface area contributed by atoms with Crippen molar-refractivity contribution in [1.82, 2.24) is 9.62 Å². The molecule has 1 saturated heterocycles. The number of piperidine rings is 1. The number of sulfonamides is 1. The number of hydrogen-bond donors (Lipinski definition) is 2. The highest BCUT2D eigenvalue weighted by molar-refractivity contribution is 7.88. The summed E-state index contributed by atoms with van der Waals surface area (Å²) in [5.41, 5.74) is 2.63. The van der Waals surface area contributed by atoms with Gasteiger partial charge in [-0.05, 0) is 37.5 Å². The first-order valence-electron chi connectivity index (χ1n) is 9.08. The summed E-state index contributed by atoms with van der Waals surface area (Å²) in [6.07, 6.45) is 1.21. The predicted molar refractivity (Wildman–Crippen MR) is 107 cm³/mol. The Kier molecular flexibility index (Phi) is 6.13. The fourth-order valence-corrected chi connectivity index (χ4v) is 4.70. The van der Waals surface area contributed by atoms with Crippen LogP contribution >= 0.6 is 0 Å². The molecule has 1 aliphatic heterocycles. The van der Waals surface area contributed by atoms with E-state index in [1.54, 1.807) is 0 Å². The zero-order valence-electron chi connectivity index (χ0n) is 15.4. The molecular weight excluding hydrogens is 362 g/mol. The second-order valence-electron chi connectivity index (χ2n) is 6.88. The molecule has 27 heavy (non-hydrogen) atoms. The quantitative estimate of drug-likeness (QED) is 0.827. The van der Waals surface area contributed by atoms with E-state index in [2.05, 4.69) is 10.6 Å². The highest BCUT2D eigenvalue weighted by atomic mass is 32.2. The SMILES string of the molecule is Cc1ccc(CS(=O)(=O)N2CCC(NC(=O)Nc3ccccc3)CC2)cc1. The Labute approximate surface area is 160 Å². The molecule has 0 aromatic heterocycles. The average Bonchev–Trinajstić information content (AvgIpc) is 2.65. The largest absolute Gasteiger partial charge is 0.335 e. The van der Waals surface area contributed by atoms with Crippen LogP contribution in [0.2, 0.25) is 0 Å². The summed E-state index contributed by atoms with van der Waals surface area (Å²) in [5, 5.41) is 5.71. The first-order chi connectivity index (χ1) is 12.9. The maximum atomic E-state index is 12.6. The van der Waals surface area contributed by atoms with Crippen LogP contribution in [0.5, 0.6) is 0 Å². The fourth-order valence-electron chi connectivity index (χ4n) is 3.14. The van der Waals surface area contributed by atoms with E-state index in [-0.39, 0.29) is 17.8 Å². The third kappa shape index (κ3) is 5.55. The second-order valence-corrected chi connectivity index (χ2v) is 8.85. The zero-order chi connectivity index (χ0) is 19.3. The maximum absolute atomic E-state index is 12.6. The van der Waals surface area contributed by atoms with E-state index in [0.29, 0.717) is 25.9 Å². The second kappa shape index (κ2) is 8.54. The molecule has 0 aliphatic carbocycles. The topological polar surface area (TPSA) is 78.5 Å². The summed E-state index contributed by atoms with van der Waals surface area (Å²) in [5.74, 6) is 0.0138. The van der Waals surface area contributed by atoms with Gasteiger partial charge in [-0.15, -0.1) is 0 Å². The van der Waals surface area contributed by atoms with Crippen molar-refractivity contribution >= 4 is 21.7 Å². The Morgan fingerprint density at radius 1 is 1.04 bits per heavy atom. The number of benzene rings is 2. The van der Waals surface area contributed by atoms with Crippen LogP contribution in [0.25, 0.3) is 0 Å². The molecule has 0 saturated carbocycles. The van der Waals surface area contributed by atoms with Gasteiger partial charge in [0.25, 0.3) is 0 Å². The van der Waals surface area contributed by atoms with Crippen molar-refractivity contribution in [3.63, 3.8) is 0 Å². The Balaban J connectivity index is 1.49. The molecule has 1 fully saturated rings. The third-order valence-electron chi connectivity index (χ3n) is 4.68. The average molecular weight is 388 g/mol. The van der Waals surface area contributed by atoms with Crippen molar-refractivity contribution in [2.75, 3.05) is 18.4 Å². The first kappa shape index (κ1) is 19.4. The molecule has 2 aromatic rings. The van der Waals surface area contributed by atoms with Crippen LogP contribution in [0.15, 0.2) is 54.6 Å². The summed E-state index contributed by atoms with van der Waals surface area (Å²) in [6, 6.07) is 16.5. The van der Waals surface area contributed by atoms with E-state index in [1.165, 1.54) is 4.31 Å². The minimum absolute atomic E-state index is 0.0138. The normalized spacial score (nSPS) is 16.0. The highest BCUT2D eigenvalue weighted by Gasteiger charge is 2.28. The Morgan fingerprint density at radius 2 is 1.67 bits per heavy atom. The fraction of sp³-hybridized carbons (Fsp3) is 0.350. The smallest absolute Gasteiger partial charge is 0.319 e. The van der Waals surface area contributed by atoms with Crippen molar-refractivity contribution in [2.45, 2.75) is 31.6 Å². The molecule has 0 bridgehead atoms. The summed E-state index contributed by atoms with van der Waals surface area (Å²) in [6.45, 7) is 2.82. The van der Waals surface area contributed by atoms with Crippen molar-refractivity contribution in [3.8, 4) is 0 Å². The standard InChI is InChI=1S/C20H25N3O3S/c1-16-7-9-17(10-8-16)15-27(25,26)23-13-11-19(12-14-23)22-20(24)21-18-5-3-2-4-6-18/h2-10,19H,11-15H2,1H3,(H2,21,22,24). The lowest BCUT2D eigenvalue weighted by molar-refractivity contribution is 0.238. The van der Waals surface area contributed by atoms with Gasteiger partial charge in [0.15, 0.2) is 0 Å². The molecule has 3 rings (SSSR count). The van der Waals surface area contributed by atoms with Gasteiger partial charge in [0.2, 0.25) is 10.0 Å². The van der Waals surface area contributed by atoms with E-state index < -0.39 is 10.0 Å². The van der Waals surface area contributed by atoms with Gasteiger partial charge in [-0.3, -0.25) is 0 Å². The number of para-hydroxylation sites is 1. The van der Waals surface area contributed by atoms with E-state index >= 15 is 0 Å². The van der Waals surface area contributed by atoms with Crippen LogP contribution in [0.4, 0.5) is 10.5 Å². The van der Waals surface area contributed by atoms with Gasteiger partial charge in [0.05, 0.1) is 5.75 Å². The lowest BCUT2D eigenvalue weighted by Gasteiger charge is -2.31. The van der Waals surface area contributed by atoms with E-state index in [1.807, 2.05) is 61.5 Å². The molecule has 2 amide bonds. The Hall–Kier alpha value is -2.38. The van der Waals surface area contributed by atoms with Crippen molar-refractivity contribution in [1.29, 1.82) is 0 Å². The lowest BCUT2D eigenvalue weighted by atomic mass is 10.1. The van der Waals surface area contributed by atoms with Crippen LogP contribution < -0.4 is 10.6 Å². The van der Waals surface area contributed by atoms with Crippen molar-refractivity contribution in [2.24, 2.45) is 0 Å². The van der Waals surface area contributed by atoms with Crippen LogP contribution in [0, 0.1) is 6.92 Å². The van der Waals surface area contributed by atoms with Crippen LogP contribution in [-0.4, -0.2) is 37.9 Å². The number of amides is 2. The number of aryl methyl sites for hydroxylation is 1. The molecule has 0 atom stereocenters. The number of nitrogens with zero attached hydrogens (tertiary/aromatic N) is 1. The van der Waals surface area contributed by atoms with E-state index in [9.17, 15) is 13.2 Å². The molecular formula is C20H25N3O3S. The zero-order valence-corrected chi connectivity index (χ0v) is 16.2. The number of hydrogen-bond acceptors (Lipinski definition) is 3. The lowest BCUT2D eigenvalue weighted by Crippen LogP contribution is -2.47. The van der Waals surface area contributed by atoms with Crippen LogP contribution in [-0.2, 0) is 15.8 Å². The molecule has 7 heteroatoms. The molecule has 144 valence electrons. The number of carbonyl (C=O) groups excluding carboxylic acids is 1. The number of rotatable bonds is 5. The molecule has 2 aromatic carbocycles. The van der Waals surface area contributed by atoms with E-state index in [4.69, 9.17) is 0 Å². The molecule has 1 aliphatic rings. The predicted octanol–water partition coefficient (Wildman–Crippen LogP) is 3.11. The number of anilines is 1. The third-order valence-corrected chi connectivity index (χ3v) is 6.53. The van der Waals surface area contributed by atoms with Gasteiger partial charge in [0, 0.05) is 24.8 Å². The van der Waals surface area contributed by atoms with Gasteiger partial charge in [0.1, 0.15) is 0 Å². The number of carbonyl (C=O) groups is 1. The number of urea groups is 1. The molecule has 0 spiro atoms. The van der Waals surface area contributed by atoms with Crippen molar-refractivity contribution < 1.29 is 13.2 Å². The van der Waals surface area contributed by atoms with Gasteiger partial charge in [-0.25, -0.2) is 17.5 Å². The highest BCUT2D eigenvalue weighted by Crippen LogP contribution is 2.18. The maximum Gasteiger partial charge on any atom is 0.319 e. The summed E-state index contributed by atoms with van der Waals surface area (Å²) >= 11 is 0. The van der Waals surface area contributed by atoms with Gasteiger partial charge >= 0.3 is 6.03 Å². The summed E-state index contributed by atoms with van der Waals surface area (Å²) in [7, 11) is -3.34. The molecule has 1 heterocycles. The summed E-state index contributed by atoms with van der Waals surface area (Å²) in [4.78, 5) is 12.1. The summed E-state index contributed by atoms with van der Waals surface area (Å²) < 4.78 is 26.8. The van der Waals surface area contributed by atoms with Gasteiger partial charge in [-0.1, -0.05) is 48.0 Å². The van der Waals surface area contributed by atoms with Crippen LogP contribution in [0.1, 0.15) is 24.0 Å². The Morgan fingerprint density at radius 3 is 2.30 bits per heavy atom. The molecule has 0 radical (unpaired) electrons.